The fraction of sp³-hybridized carbons (Fsp3) is 0.400. The molecule has 1 aromatic rings. The van der Waals surface area contributed by atoms with Gasteiger partial charge < -0.3 is 16.0 Å². The molecule has 0 spiro atoms. The van der Waals surface area contributed by atoms with E-state index in [9.17, 15) is 9.59 Å². The summed E-state index contributed by atoms with van der Waals surface area (Å²) in [6.45, 7) is 2.75. The average Bonchev–Trinajstić information content (AvgIpc) is 2.52. The van der Waals surface area contributed by atoms with Gasteiger partial charge in [-0.1, -0.05) is 18.8 Å². The average molecular weight is 288 g/mol. The number of nitrogens with zero attached hydrogens (tertiary/aromatic N) is 2. The van der Waals surface area contributed by atoms with E-state index in [4.69, 9.17) is 5.73 Å². The van der Waals surface area contributed by atoms with Crippen LogP contribution in [0.2, 0.25) is 0 Å². The third kappa shape index (κ3) is 5.24. The molecular weight excluding hydrogens is 268 g/mol. The molecule has 0 aliphatic rings. The van der Waals surface area contributed by atoms with E-state index in [1.165, 1.54) is 11.1 Å². The van der Waals surface area contributed by atoms with Gasteiger partial charge in [-0.05, 0) is 18.6 Å². The minimum Gasteiger partial charge on any atom is -0.358 e. The Morgan fingerprint density at radius 2 is 2.19 bits per heavy atom. The van der Waals surface area contributed by atoms with E-state index in [2.05, 4.69) is 22.1 Å². The fourth-order valence-corrected chi connectivity index (χ4v) is 1.68. The van der Waals surface area contributed by atoms with Crippen molar-refractivity contribution < 1.29 is 9.59 Å². The number of rotatable bonds is 5. The highest BCUT2D eigenvalue weighted by molar-refractivity contribution is 5.94. The van der Waals surface area contributed by atoms with Crippen LogP contribution in [-0.2, 0) is 4.79 Å². The van der Waals surface area contributed by atoms with E-state index in [1.54, 1.807) is 19.2 Å². The quantitative estimate of drug-likeness (QED) is 0.746. The van der Waals surface area contributed by atoms with Gasteiger partial charge >= 0.3 is 0 Å². The van der Waals surface area contributed by atoms with Crippen LogP contribution in [0, 0.1) is 11.8 Å². The van der Waals surface area contributed by atoms with Crippen LogP contribution in [-0.4, -0.2) is 48.4 Å². The Labute approximate surface area is 124 Å². The highest BCUT2D eigenvalue weighted by Crippen LogP contribution is 2.04. The molecule has 3 N–H and O–H groups in total. The lowest BCUT2D eigenvalue weighted by Crippen LogP contribution is -2.40. The summed E-state index contributed by atoms with van der Waals surface area (Å²) in [5.74, 6) is 5.09. The molecule has 6 nitrogen and oxygen atoms in total. The largest absolute Gasteiger partial charge is 0.358 e. The van der Waals surface area contributed by atoms with Gasteiger partial charge in [0.05, 0.1) is 13.1 Å². The Morgan fingerprint density at radius 3 is 2.71 bits per heavy atom. The smallest absolute Gasteiger partial charge is 0.272 e. The number of nitrogens with one attached hydrogen (secondary N) is 1. The van der Waals surface area contributed by atoms with Crippen LogP contribution in [0.5, 0.6) is 0 Å². The molecular formula is C15H20N4O2. The van der Waals surface area contributed by atoms with Gasteiger partial charge in [-0.2, -0.15) is 0 Å². The zero-order chi connectivity index (χ0) is 15.7. The Balaban J connectivity index is 2.85. The number of pyridine rings is 1. The molecule has 0 fully saturated rings. The molecule has 0 bridgehead atoms. The van der Waals surface area contributed by atoms with Crippen LogP contribution in [0.3, 0.4) is 0 Å². The summed E-state index contributed by atoms with van der Waals surface area (Å²) in [6.07, 6.45) is 2.29. The first kappa shape index (κ1) is 16.7. The number of hydrogen-bond donors (Lipinski definition) is 2. The Kier molecular flexibility index (Phi) is 6.92. The van der Waals surface area contributed by atoms with Crippen molar-refractivity contribution in [1.29, 1.82) is 0 Å². The van der Waals surface area contributed by atoms with Crippen LogP contribution in [0.1, 0.15) is 29.4 Å². The maximum atomic E-state index is 12.3. The van der Waals surface area contributed by atoms with E-state index in [0.717, 1.165) is 6.42 Å². The van der Waals surface area contributed by atoms with Crippen molar-refractivity contribution in [2.24, 2.45) is 5.73 Å². The standard InChI is InChI=1S/C15H20N4O2/c1-3-9-19(11-14(20)17-2)15(21)13-7-6-12(10-18-13)5-4-8-16/h6-7,10H,3,8-9,11,16H2,1-2H3,(H,17,20). The lowest BCUT2D eigenvalue weighted by atomic mass is 10.2. The van der Waals surface area contributed by atoms with Gasteiger partial charge in [-0.15, -0.1) is 0 Å². The Bertz CT molecular complexity index is 543. The van der Waals surface area contributed by atoms with Crippen molar-refractivity contribution in [1.82, 2.24) is 15.2 Å². The summed E-state index contributed by atoms with van der Waals surface area (Å²) < 4.78 is 0. The molecule has 2 amide bonds. The summed E-state index contributed by atoms with van der Waals surface area (Å²) >= 11 is 0. The molecule has 0 atom stereocenters. The topological polar surface area (TPSA) is 88.3 Å². The second kappa shape index (κ2) is 8.72. The molecule has 0 aliphatic heterocycles. The van der Waals surface area contributed by atoms with Crippen molar-refractivity contribution in [3.63, 3.8) is 0 Å². The third-order valence-electron chi connectivity index (χ3n) is 2.71. The zero-order valence-corrected chi connectivity index (χ0v) is 12.3. The first-order valence-electron chi connectivity index (χ1n) is 6.77. The lowest BCUT2D eigenvalue weighted by molar-refractivity contribution is -0.121. The monoisotopic (exact) mass is 288 g/mol. The number of carbonyl (C=O) groups is 2. The van der Waals surface area contributed by atoms with Crippen LogP contribution in [0.25, 0.3) is 0 Å². The van der Waals surface area contributed by atoms with Gasteiger partial charge in [-0.25, -0.2) is 4.98 Å². The SMILES string of the molecule is CCCN(CC(=O)NC)C(=O)c1ccc(C#CCN)cn1. The zero-order valence-electron chi connectivity index (χ0n) is 12.3. The Morgan fingerprint density at radius 1 is 1.43 bits per heavy atom. The normalized spacial score (nSPS) is 9.48. The van der Waals surface area contributed by atoms with E-state index in [-0.39, 0.29) is 24.9 Å². The number of aromatic nitrogens is 1. The molecule has 1 heterocycles. The van der Waals surface area contributed by atoms with Gasteiger partial charge in [0.2, 0.25) is 5.91 Å². The number of carbonyl (C=O) groups excluding carboxylic acids is 2. The first-order chi connectivity index (χ1) is 10.1. The number of amides is 2. The summed E-state index contributed by atoms with van der Waals surface area (Å²) in [7, 11) is 1.54. The number of hydrogen-bond acceptors (Lipinski definition) is 4. The fourth-order valence-electron chi connectivity index (χ4n) is 1.68. The predicted molar refractivity (Wildman–Crippen MR) is 80.4 cm³/mol. The van der Waals surface area contributed by atoms with Crippen molar-refractivity contribution in [2.45, 2.75) is 13.3 Å². The molecule has 1 rings (SSSR count). The van der Waals surface area contributed by atoms with Crippen LogP contribution >= 0.6 is 0 Å². The van der Waals surface area contributed by atoms with E-state index >= 15 is 0 Å². The summed E-state index contributed by atoms with van der Waals surface area (Å²) in [6, 6.07) is 3.32. The van der Waals surface area contributed by atoms with Crippen molar-refractivity contribution >= 4 is 11.8 Å². The third-order valence-corrected chi connectivity index (χ3v) is 2.71. The molecule has 0 saturated heterocycles. The van der Waals surface area contributed by atoms with Gasteiger partial charge in [0.25, 0.3) is 5.91 Å². The van der Waals surface area contributed by atoms with Gasteiger partial charge in [0, 0.05) is 25.4 Å². The second-order valence-electron chi connectivity index (χ2n) is 4.34. The van der Waals surface area contributed by atoms with Crippen LogP contribution in [0.4, 0.5) is 0 Å². The van der Waals surface area contributed by atoms with E-state index in [0.29, 0.717) is 17.8 Å². The molecule has 1 aromatic heterocycles. The van der Waals surface area contributed by atoms with Crippen molar-refractivity contribution in [3.8, 4) is 11.8 Å². The highest BCUT2D eigenvalue weighted by Gasteiger charge is 2.18. The summed E-state index contributed by atoms with van der Waals surface area (Å²) in [4.78, 5) is 29.4. The molecule has 0 unspecified atom stereocenters. The van der Waals surface area contributed by atoms with Gasteiger partial charge in [0.1, 0.15) is 5.69 Å². The number of likely N-dealkylation sites (N-methyl/N-ethyl adjacent to an activating group) is 1. The van der Waals surface area contributed by atoms with Crippen LogP contribution < -0.4 is 11.1 Å². The Hall–Kier alpha value is -2.39. The molecule has 6 heteroatoms. The van der Waals surface area contributed by atoms with Gasteiger partial charge in [0.15, 0.2) is 0 Å². The predicted octanol–water partition coefficient (Wildman–Crippen LogP) is -0.01000. The van der Waals surface area contributed by atoms with Crippen molar-refractivity contribution in [3.05, 3.63) is 29.6 Å². The van der Waals surface area contributed by atoms with E-state index < -0.39 is 0 Å². The highest BCUT2D eigenvalue weighted by atomic mass is 16.2. The van der Waals surface area contributed by atoms with Crippen molar-refractivity contribution in [2.75, 3.05) is 26.7 Å². The first-order valence-corrected chi connectivity index (χ1v) is 6.77. The minimum absolute atomic E-state index is 0.0274. The lowest BCUT2D eigenvalue weighted by Gasteiger charge is -2.20. The molecule has 0 aromatic carbocycles. The minimum atomic E-state index is -0.265. The molecule has 21 heavy (non-hydrogen) atoms. The molecule has 112 valence electrons. The second-order valence-corrected chi connectivity index (χ2v) is 4.34. The van der Waals surface area contributed by atoms with E-state index in [1.807, 2.05) is 6.92 Å². The molecule has 0 saturated carbocycles. The maximum Gasteiger partial charge on any atom is 0.272 e. The summed E-state index contributed by atoms with van der Waals surface area (Å²) in [5, 5.41) is 2.51. The molecule has 0 aliphatic carbocycles. The maximum absolute atomic E-state index is 12.3. The number of nitrogens with two attached hydrogens (primary N) is 1. The molecule has 0 radical (unpaired) electrons. The van der Waals surface area contributed by atoms with Crippen LogP contribution in [0.15, 0.2) is 18.3 Å². The van der Waals surface area contributed by atoms with Gasteiger partial charge in [-0.3, -0.25) is 9.59 Å². The summed E-state index contributed by atoms with van der Waals surface area (Å²) in [5.41, 5.74) is 6.29.